The first-order valence-electron chi connectivity index (χ1n) is 3.75. The Morgan fingerprint density at radius 2 is 2.25 bits per heavy atom. The summed E-state index contributed by atoms with van der Waals surface area (Å²) in [5.41, 5.74) is 0. The topological polar surface area (TPSA) is 57.6 Å². The van der Waals surface area contributed by atoms with Crippen molar-refractivity contribution in [1.29, 1.82) is 0 Å². The number of carbonyl (C=O) groups excluding carboxylic acids is 1. The van der Waals surface area contributed by atoms with Gasteiger partial charge in [0, 0.05) is 6.54 Å². The highest BCUT2D eigenvalue weighted by molar-refractivity contribution is 9.09. The Kier molecular flexibility index (Phi) is 3.08. The number of hydrogen-bond donors (Lipinski definition) is 1. The van der Waals surface area contributed by atoms with Gasteiger partial charge in [-0.3, -0.25) is 4.79 Å². The first-order valence-corrected chi connectivity index (χ1v) is 4.87. The summed E-state index contributed by atoms with van der Waals surface area (Å²) in [5, 5.41) is 8.92. The third-order valence-electron chi connectivity index (χ3n) is 1.97. The minimum atomic E-state index is -0.901. The Bertz CT molecular complexity index is 207. The Morgan fingerprint density at radius 3 is 2.75 bits per heavy atom. The molecule has 0 aromatic carbocycles. The van der Waals surface area contributed by atoms with Crippen molar-refractivity contribution in [3.8, 4) is 0 Å². The summed E-state index contributed by atoms with van der Waals surface area (Å²) >= 11 is 3.02. The normalized spacial score (nSPS) is 22.8. The van der Waals surface area contributed by atoms with Gasteiger partial charge >= 0.3 is 5.97 Å². The molecule has 1 atom stereocenters. The predicted octanol–water partition coefficient (Wildman–Crippen LogP) is 0.457. The van der Waals surface area contributed by atoms with Crippen LogP contribution in [0.3, 0.4) is 0 Å². The first kappa shape index (κ1) is 9.51. The highest BCUT2D eigenvalue weighted by Gasteiger charge is 2.32. The number of carbonyl (C=O) groups is 2. The zero-order valence-electron chi connectivity index (χ0n) is 6.49. The van der Waals surface area contributed by atoms with Gasteiger partial charge in [-0.05, 0) is 12.8 Å². The lowest BCUT2D eigenvalue weighted by Gasteiger charge is -2.19. The summed E-state index contributed by atoms with van der Waals surface area (Å²) in [7, 11) is 0. The Hall–Kier alpha value is -0.580. The summed E-state index contributed by atoms with van der Waals surface area (Å²) in [6.07, 6.45) is 1.36. The number of amides is 1. The molecule has 1 rings (SSSR count). The van der Waals surface area contributed by atoms with E-state index in [9.17, 15) is 9.59 Å². The molecule has 68 valence electrons. The van der Waals surface area contributed by atoms with Crippen LogP contribution < -0.4 is 0 Å². The average molecular weight is 236 g/mol. The Morgan fingerprint density at radius 1 is 1.58 bits per heavy atom. The van der Waals surface area contributed by atoms with Crippen LogP contribution in [0.2, 0.25) is 0 Å². The molecule has 5 heteroatoms. The molecule has 1 saturated heterocycles. The Balaban J connectivity index is 2.63. The Labute approximate surface area is 78.7 Å². The molecule has 12 heavy (non-hydrogen) atoms. The molecule has 1 aliphatic heterocycles. The number of hydrogen-bond acceptors (Lipinski definition) is 2. The van der Waals surface area contributed by atoms with Gasteiger partial charge in [0.2, 0.25) is 5.91 Å². The van der Waals surface area contributed by atoms with Crippen molar-refractivity contribution in [2.24, 2.45) is 0 Å². The fraction of sp³-hybridized carbons (Fsp3) is 0.714. The number of alkyl halides is 1. The minimum absolute atomic E-state index is 0.139. The summed E-state index contributed by atoms with van der Waals surface area (Å²) in [6.45, 7) is 0.571. The highest BCUT2D eigenvalue weighted by Crippen LogP contribution is 2.17. The van der Waals surface area contributed by atoms with E-state index < -0.39 is 12.0 Å². The van der Waals surface area contributed by atoms with Crippen molar-refractivity contribution >= 4 is 27.8 Å². The minimum Gasteiger partial charge on any atom is -0.480 e. The smallest absolute Gasteiger partial charge is 0.326 e. The summed E-state index contributed by atoms with van der Waals surface area (Å²) in [5.74, 6) is -1.04. The molecule has 0 spiro atoms. The van der Waals surface area contributed by atoms with Gasteiger partial charge in [0.05, 0.1) is 5.33 Å². The molecular formula is C7H10BrNO3. The molecule has 1 N–H and O–H groups in total. The maximum atomic E-state index is 11.1. The van der Waals surface area contributed by atoms with E-state index in [1.807, 2.05) is 0 Å². The van der Waals surface area contributed by atoms with E-state index in [2.05, 4.69) is 15.9 Å². The second-order valence-electron chi connectivity index (χ2n) is 2.72. The molecule has 0 aliphatic carbocycles. The fourth-order valence-corrected chi connectivity index (χ4v) is 1.72. The van der Waals surface area contributed by atoms with Gasteiger partial charge in [0.15, 0.2) is 0 Å². The molecule has 1 fully saturated rings. The molecular weight excluding hydrogens is 226 g/mol. The lowest BCUT2D eigenvalue weighted by Crippen LogP contribution is -2.40. The molecule has 0 bridgehead atoms. The molecule has 1 aliphatic rings. The van der Waals surface area contributed by atoms with Crippen LogP contribution in [-0.4, -0.2) is 39.8 Å². The van der Waals surface area contributed by atoms with E-state index in [0.29, 0.717) is 13.0 Å². The first-order chi connectivity index (χ1) is 5.66. The van der Waals surface area contributed by atoms with E-state index >= 15 is 0 Å². The standard InChI is InChI=1S/C7H10BrNO3/c8-4-6(10)9-3-1-2-5(9)7(11)12/h5H,1-4H2,(H,11,12)/t5-/m0/s1. The van der Waals surface area contributed by atoms with Gasteiger partial charge in [-0.25, -0.2) is 4.79 Å². The molecule has 0 aromatic rings. The molecule has 0 aromatic heterocycles. The number of carboxylic acid groups (broad SMARTS) is 1. The lowest BCUT2D eigenvalue weighted by molar-refractivity contribution is -0.147. The van der Waals surface area contributed by atoms with Crippen molar-refractivity contribution in [2.75, 3.05) is 11.9 Å². The van der Waals surface area contributed by atoms with E-state index in [1.165, 1.54) is 4.90 Å². The van der Waals surface area contributed by atoms with Gasteiger partial charge in [-0.2, -0.15) is 0 Å². The molecule has 1 amide bonds. The highest BCUT2D eigenvalue weighted by atomic mass is 79.9. The van der Waals surface area contributed by atoms with E-state index in [-0.39, 0.29) is 11.2 Å². The quantitative estimate of drug-likeness (QED) is 0.708. The molecule has 1 heterocycles. The second kappa shape index (κ2) is 3.89. The van der Waals surface area contributed by atoms with Crippen LogP contribution >= 0.6 is 15.9 Å². The maximum absolute atomic E-state index is 11.1. The van der Waals surface area contributed by atoms with Crippen molar-refractivity contribution in [1.82, 2.24) is 4.90 Å². The van der Waals surface area contributed by atoms with Crippen molar-refractivity contribution in [2.45, 2.75) is 18.9 Å². The SMILES string of the molecule is O=C(O)[C@@H]1CCCN1C(=O)CBr. The predicted molar refractivity (Wildman–Crippen MR) is 46.2 cm³/mol. The average Bonchev–Trinajstić information content (AvgIpc) is 2.50. The van der Waals surface area contributed by atoms with Gasteiger partial charge in [0.25, 0.3) is 0 Å². The van der Waals surface area contributed by atoms with Crippen molar-refractivity contribution in [3.05, 3.63) is 0 Å². The van der Waals surface area contributed by atoms with E-state index in [4.69, 9.17) is 5.11 Å². The van der Waals surface area contributed by atoms with E-state index in [0.717, 1.165) is 6.42 Å². The summed E-state index contributed by atoms with van der Waals surface area (Å²) in [4.78, 5) is 23.2. The summed E-state index contributed by atoms with van der Waals surface area (Å²) in [6, 6.07) is -0.602. The lowest BCUT2D eigenvalue weighted by atomic mass is 10.2. The zero-order valence-corrected chi connectivity index (χ0v) is 8.08. The largest absolute Gasteiger partial charge is 0.480 e. The van der Waals surface area contributed by atoms with E-state index in [1.54, 1.807) is 0 Å². The van der Waals surface area contributed by atoms with Crippen LogP contribution in [0.25, 0.3) is 0 Å². The van der Waals surface area contributed by atoms with Gasteiger partial charge < -0.3 is 10.0 Å². The number of carboxylic acids is 1. The second-order valence-corrected chi connectivity index (χ2v) is 3.28. The van der Waals surface area contributed by atoms with Crippen molar-refractivity contribution in [3.63, 3.8) is 0 Å². The zero-order chi connectivity index (χ0) is 9.14. The number of aliphatic carboxylic acids is 1. The molecule has 4 nitrogen and oxygen atoms in total. The molecule has 0 radical (unpaired) electrons. The third-order valence-corrected chi connectivity index (χ3v) is 2.45. The van der Waals surface area contributed by atoms with Gasteiger partial charge in [-0.15, -0.1) is 0 Å². The monoisotopic (exact) mass is 235 g/mol. The van der Waals surface area contributed by atoms with Crippen LogP contribution in [-0.2, 0) is 9.59 Å². The molecule has 0 unspecified atom stereocenters. The van der Waals surface area contributed by atoms with Crippen LogP contribution in [0.5, 0.6) is 0 Å². The number of halogens is 1. The van der Waals surface area contributed by atoms with Crippen molar-refractivity contribution < 1.29 is 14.7 Å². The van der Waals surface area contributed by atoms with Crippen LogP contribution in [0, 0.1) is 0 Å². The maximum Gasteiger partial charge on any atom is 0.326 e. The van der Waals surface area contributed by atoms with Gasteiger partial charge in [0.1, 0.15) is 6.04 Å². The van der Waals surface area contributed by atoms with Gasteiger partial charge in [-0.1, -0.05) is 15.9 Å². The number of rotatable bonds is 2. The fourth-order valence-electron chi connectivity index (χ4n) is 1.40. The number of likely N-dealkylation sites (tertiary alicyclic amines) is 1. The number of nitrogens with zero attached hydrogens (tertiary/aromatic N) is 1. The van der Waals surface area contributed by atoms with Crippen LogP contribution in [0.1, 0.15) is 12.8 Å². The summed E-state index contributed by atoms with van der Waals surface area (Å²) < 4.78 is 0. The van der Waals surface area contributed by atoms with Crippen LogP contribution in [0.15, 0.2) is 0 Å². The third kappa shape index (κ3) is 1.77. The van der Waals surface area contributed by atoms with Crippen LogP contribution in [0.4, 0.5) is 0 Å². The molecule has 0 saturated carbocycles.